The minimum Gasteiger partial charge on any atom is -0.497 e. The van der Waals surface area contributed by atoms with Gasteiger partial charge in [0, 0.05) is 45.9 Å². The number of benzene rings is 1. The lowest BCUT2D eigenvalue weighted by Crippen LogP contribution is -2.44. The Bertz CT molecular complexity index is 1130. The van der Waals surface area contributed by atoms with E-state index in [-0.39, 0.29) is 28.3 Å². The van der Waals surface area contributed by atoms with Crippen LogP contribution in [0.25, 0.3) is 0 Å². The largest absolute Gasteiger partial charge is 0.497 e. The molecule has 1 aromatic carbocycles. The number of thiophene rings is 1. The molecule has 0 spiro atoms. The van der Waals surface area contributed by atoms with E-state index in [0.29, 0.717) is 12.8 Å². The molecule has 2 aromatic rings. The van der Waals surface area contributed by atoms with Gasteiger partial charge in [-0.25, -0.2) is 0 Å². The zero-order valence-electron chi connectivity index (χ0n) is 20.0. The minimum absolute atomic E-state index is 0.132. The Labute approximate surface area is 199 Å². The molecule has 0 saturated heterocycles. The summed E-state index contributed by atoms with van der Waals surface area (Å²) in [6.07, 6.45) is 2.61. The Balaban J connectivity index is 1.80. The molecule has 2 aliphatic carbocycles. The van der Waals surface area contributed by atoms with Gasteiger partial charge >= 0.3 is 0 Å². The van der Waals surface area contributed by atoms with Crippen molar-refractivity contribution in [1.82, 2.24) is 0 Å². The number of methoxy groups -OCH3 is 1. The molecule has 0 unspecified atom stereocenters. The van der Waals surface area contributed by atoms with E-state index in [4.69, 9.17) is 4.74 Å². The summed E-state index contributed by atoms with van der Waals surface area (Å²) in [5.74, 6) is 0.872. The summed E-state index contributed by atoms with van der Waals surface area (Å²) in [6.45, 7) is 8.67. The van der Waals surface area contributed by atoms with Crippen molar-refractivity contribution >= 4 is 28.6 Å². The number of anilines is 1. The normalized spacial score (nSPS) is 22.4. The lowest BCUT2D eigenvalue weighted by atomic mass is 9.64. The highest BCUT2D eigenvalue weighted by Crippen LogP contribution is 2.55. The first kappa shape index (κ1) is 22.1. The van der Waals surface area contributed by atoms with Gasteiger partial charge in [0.2, 0.25) is 0 Å². The van der Waals surface area contributed by atoms with Crippen LogP contribution in [0.4, 0.5) is 5.69 Å². The van der Waals surface area contributed by atoms with E-state index in [1.165, 1.54) is 0 Å². The van der Waals surface area contributed by atoms with Gasteiger partial charge in [-0.15, -0.1) is 11.3 Å². The van der Waals surface area contributed by atoms with E-state index >= 15 is 0 Å². The number of carbonyl (C=O) groups is 2. The van der Waals surface area contributed by atoms with Crippen molar-refractivity contribution in [3.05, 3.63) is 69.2 Å². The third-order valence-electron chi connectivity index (χ3n) is 7.07. The summed E-state index contributed by atoms with van der Waals surface area (Å²) in [6, 6.07) is 12.1. The van der Waals surface area contributed by atoms with Crippen LogP contribution in [0.2, 0.25) is 0 Å². The minimum atomic E-state index is -0.253. The van der Waals surface area contributed by atoms with Gasteiger partial charge in [-0.1, -0.05) is 33.8 Å². The standard InChI is InChI=1S/C28H31NO3S/c1-27(2)13-19-24(21(30)15-27)26(23-7-6-12-33-23)25-20(14-28(3,4)16-22(25)31)29(19)17-8-10-18(32-5)11-9-17/h6-12,26H,13-16H2,1-5H3. The SMILES string of the molecule is COc1ccc(N2C3=C(C(=O)CC(C)(C)C3)C(c3cccs3)C3=C2CC(C)(C)CC3=O)cc1. The molecule has 0 bridgehead atoms. The summed E-state index contributed by atoms with van der Waals surface area (Å²) in [4.78, 5) is 30.7. The molecule has 0 radical (unpaired) electrons. The molecule has 1 aromatic heterocycles. The number of ketones is 2. The van der Waals surface area contributed by atoms with Crippen molar-refractivity contribution in [3.8, 4) is 5.75 Å². The van der Waals surface area contributed by atoms with Gasteiger partial charge in [0.05, 0.1) is 13.0 Å². The van der Waals surface area contributed by atoms with Gasteiger partial charge in [-0.3, -0.25) is 9.59 Å². The first-order valence-corrected chi connectivity index (χ1v) is 12.5. The van der Waals surface area contributed by atoms with Crippen molar-refractivity contribution in [2.45, 2.75) is 59.3 Å². The summed E-state index contributed by atoms with van der Waals surface area (Å²) >= 11 is 1.64. The van der Waals surface area contributed by atoms with Crippen LogP contribution in [0, 0.1) is 10.8 Å². The Hall–Kier alpha value is -2.66. The molecule has 0 atom stereocenters. The number of hydrogen-bond acceptors (Lipinski definition) is 5. The summed E-state index contributed by atoms with van der Waals surface area (Å²) in [5, 5.41) is 2.04. The van der Waals surface area contributed by atoms with Gasteiger partial charge < -0.3 is 9.64 Å². The van der Waals surface area contributed by atoms with Crippen molar-refractivity contribution in [2.75, 3.05) is 12.0 Å². The van der Waals surface area contributed by atoms with Crippen LogP contribution >= 0.6 is 11.3 Å². The highest BCUT2D eigenvalue weighted by atomic mass is 32.1. The molecule has 172 valence electrons. The van der Waals surface area contributed by atoms with Crippen LogP contribution in [0.1, 0.15) is 64.2 Å². The second-order valence-corrected chi connectivity index (χ2v) is 12.1. The fourth-order valence-corrected chi connectivity index (χ4v) is 6.59. The number of hydrogen-bond donors (Lipinski definition) is 0. The predicted octanol–water partition coefficient (Wildman–Crippen LogP) is 6.65. The van der Waals surface area contributed by atoms with Gasteiger partial charge in [-0.2, -0.15) is 0 Å². The third kappa shape index (κ3) is 3.76. The van der Waals surface area contributed by atoms with E-state index in [2.05, 4.69) is 38.7 Å². The second-order valence-electron chi connectivity index (χ2n) is 11.1. The molecule has 1 aliphatic heterocycles. The molecular formula is C28H31NO3S. The van der Waals surface area contributed by atoms with E-state index in [1.54, 1.807) is 18.4 Å². The van der Waals surface area contributed by atoms with E-state index < -0.39 is 0 Å². The highest BCUT2D eigenvalue weighted by molar-refractivity contribution is 7.10. The van der Waals surface area contributed by atoms with Gasteiger partial charge in [-0.05, 0) is 59.4 Å². The molecule has 2 heterocycles. The first-order valence-electron chi connectivity index (χ1n) is 11.6. The molecule has 5 heteroatoms. The quantitative estimate of drug-likeness (QED) is 0.514. The summed E-state index contributed by atoms with van der Waals surface area (Å²) in [7, 11) is 1.66. The van der Waals surface area contributed by atoms with Gasteiger partial charge in [0.15, 0.2) is 11.6 Å². The van der Waals surface area contributed by atoms with Crippen molar-refractivity contribution in [1.29, 1.82) is 0 Å². The van der Waals surface area contributed by atoms with Crippen LogP contribution in [0.3, 0.4) is 0 Å². The molecule has 5 rings (SSSR count). The van der Waals surface area contributed by atoms with E-state index in [1.807, 2.05) is 35.7 Å². The third-order valence-corrected chi connectivity index (χ3v) is 8.01. The number of nitrogens with zero attached hydrogens (tertiary/aromatic N) is 1. The number of rotatable bonds is 3. The molecular weight excluding hydrogens is 430 g/mol. The summed E-state index contributed by atoms with van der Waals surface area (Å²) in [5.41, 5.74) is 4.48. The van der Waals surface area contributed by atoms with Crippen LogP contribution in [0.5, 0.6) is 5.75 Å². The predicted molar refractivity (Wildman–Crippen MR) is 133 cm³/mol. The van der Waals surface area contributed by atoms with Gasteiger partial charge in [0.25, 0.3) is 0 Å². The lowest BCUT2D eigenvalue weighted by Gasteiger charge is -2.48. The maximum Gasteiger partial charge on any atom is 0.162 e. The number of allylic oxidation sites excluding steroid dienone is 4. The van der Waals surface area contributed by atoms with Crippen LogP contribution < -0.4 is 9.64 Å². The maximum absolute atomic E-state index is 13.7. The van der Waals surface area contributed by atoms with Gasteiger partial charge in [0.1, 0.15) is 5.75 Å². The highest BCUT2D eigenvalue weighted by Gasteiger charge is 2.49. The van der Waals surface area contributed by atoms with Crippen LogP contribution in [-0.4, -0.2) is 18.7 Å². The lowest BCUT2D eigenvalue weighted by molar-refractivity contribution is -0.119. The Kier molecular flexibility index (Phi) is 5.16. The number of ether oxygens (including phenoxy) is 1. The van der Waals surface area contributed by atoms with Crippen molar-refractivity contribution in [3.63, 3.8) is 0 Å². The number of carbonyl (C=O) groups excluding carboxylic acids is 2. The Morgan fingerprint density at radius 1 is 0.848 bits per heavy atom. The topological polar surface area (TPSA) is 46.6 Å². The maximum atomic E-state index is 13.7. The smallest absolute Gasteiger partial charge is 0.162 e. The monoisotopic (exact) mass is 461 g/mol. The van der Waals surface area contributed by atoms with Crippen LogP contribution in [0.15, 0.2) is 64.3 Å². The fraction of sp³-hybridized carbons (Fsp3) is 0.429. The van der Waals surface area contributed by atoms with Crippen molar-refractivity contribution in [2.24, 2.45) is 10.8 Å². The second kappa shape index (κ2) is 7.69. The average Bonchev–Trinajstić information content (AvgIpc) is 3.25. The summed E-state index contributed by atoms with van der Waals surface area (Å²) < 4.78 is 5.39. The van der Waals surface area contributed by atoms with Crippen LogP contribution in [-0.2, 0) is 9.59 Å². The Morgan fingerprint density at radius 3 is 1.85 bits per heavy atom. The molecule has 0 amide bonds. The molecule has 4 nitrogen and oxygen atoms in total. The number of Topliss-reactive ketones (excluding diaryl/α,β-unsaturated/α-hetero) is 2. The molecule has 0 fully saturated rings. The van der Waals surface area contributed by atoms with E-state index in [0.717, 1.165) is 51.7 Å². The first-order chi connectivity index (χ1) is 15.6. The molecule has 33 heavy (non-hydrogen) atoms. The molecule has 0 saturated carbocycles. The fourth-order valence-electron chi connectivity index (χ4n) is 5.75. The van der Waals surface area contributed by atoms with Crippen molar-refractivity contribution < 1.29 is 14.3 Å². The molecule has 0 N–H and O–H groups in total. The zero-order chi connectivity index (χ0) is 23.5. The van der Waals surface area contributed by atoms with E-state index in [9.17, 15) is 9.59 Å². The zero-order valence-corrected chi connectivity index (χ0v) is 20.8. The Morgan fingerprint density at radius 2 is 1.39 bits per heavy atom. The molecule has 3 aliphatic rings. The average molecular weight is 462 g/mol.